The van der Waals surface area contributed by atoms with Gasteiger partial charge in [-0.2, -0.15) is 5.10 Å². The van der Waals surface area contributed by atoms with Gasteiger partial charge in [-0.3, -0.25) is 4.79 Å². The minimum Gasteiger partial charge on any atom is -0.369 e. The third-order valence-corrected chi connectivity index (χ3v) is 4.96. The van der Waals surface area contributed by atoms with Crippen LogP contribution in [0.1, 0.15) is 23.5 Å². The Hall–Kier alpha value is -1.62. The van der Waals surface area contributed by atoms with Crippen LogP contribution in [0.4, 0.5) is 5.69 Å². The fourth-order valence-electron chi connectivity index (χ4n) is 3.00. The monoisotopic (exact) mass is 347 g/mol. The van der Waals surface area contributed by atoms with Crippen LogP contribution in [-0.4, -0.2) is 22.9 Å². The Labute approximate surface area is 132 Å². The zero-order valence-corrected chi connectivity index (χ0v) is 13.8. The number of rotatable bonds is 2. The molecule has 0 aliphatic carbocycles. The minimum atomic E-state index is -0.0909. The standard InChI is InChI=1S/C16H18BrN3O/c1-11-5-3-4-6-13(11)12-7-8-20(10-12)14-9-18-19(2)16(21)15(14)17/h3-6,9,12H,7-8,10H2,1-2H3. The molecule has 0 N–H and O–H groups in total. The van der Waals surface area contributed by atoms with Gasteiger partial charge in [0.2, 0.25) is 0 Å². The number of benzene rings is 1. The van der Waals surface area contributed by atoms with E-state index >= 15 is 0 Å². The van der Waals surface area contributed by atoms with Gasteiger partial charge in [0.25, 0.3) is 5.56 Å². The summed E-state index contributed by atoms with van der Waals surface area (Å²) >= 11 is 3.42. The van der Waals surface area contributed by atoms with Crippen molar-refractivity contribution < 1.29 is 0 Å². The molecule has 1 aromatic carbocycles. The number of nitrogens with zero attached hydrogens (tertiary/aromatic N) is 3. The van der Waals surface area contributed by atoms with Gasteiger partial charge in [0.1, 0.15) is 4.47 Å². The maximum Gasteiger partial charge on any atom is 0.282 e. The molecule has 2 aromatic rings. The van der Waals surface area contributed by atoms with Gasteiger partial charge in [-0.15, -0.1) is 0 Å². The quantitative estimate of drug-likeness (QED) is 0.838. The van der Waals surface area contributed by atoms with Crippen LogP contribution in [0.3, 0.4) is 0 Å². The summed E-state index contributed by atoms with van der Waals surface area (Å²) in [7, 11) is 1.66. The van der Waals surface area contributed by atoms with Crippen molar-refractivity contribution in [2.75, 3.05) is 18.0 Å². The summed E-state index contributed by atoms with van der Waals surface area (Å²) < 4.78 is 1.95. The molecule has 2 heterocycles. The molecule has 0 saturated carbocycles. The number of aryl methyl sites for hydroxylation is 2. The summed E-state index contributed by atoms with van der Waals surface area (Å²) in [5.74, 6) is 0.516. The molecule has 1 atom stereocenters. The first-order chi connectivity index (χ1) is 10.1. The molecule has 0 bridgehead atoms. The molecular formula is C16H18BrN3O. The van der Waals surface area contributed by atoms with Crippen LogP contribution < -0.4 is 10.5 Å². The van der Waals surface area contributed by atoms with Crippen molar-refractivity contribution in [2.45, 2.75) is 19.3 Å². The fraction of sp³-hybridized carbons (Fsp3) is 0.375. The highest BCUT2D eigenvalue weighted by Crippen LogP contribution is 2.33. The summed E-state index contributed by atoms with van der Waals surface area (Å²) in [5.41, 5.74) is 3.56. The van der Waals surface area contributed by atoms with Crippen LogP contribution in [0.2, 0.25) is 0 Å². The molecule has 5 heteroatoms. The molecule has 1 fully saturated rings. The summed E-state index contributed by atoms with van der Waals surface area (Å²) in [5, 5.41) is 4.13. The maximum atomic E-state index is 12.0. The van der Waals surface area contributed by atoms with Gasteiger partial charge in [0.15, 0.2) is 0 Å². The molecule has 0 spiro atoms. The summed E-state index contributed by atoms with van der Waals surface area (Å²) in [4.78, 5) is 14.2. The Bertz CT molecular complexity index is 726. The number of hydrogen-bond donors (Lipinski definition) is 0. The first-order valence-electron chi connectivity index (χ1n) is 7.10. The van der Waals surface area contributed by atoms with Gasteiger partial charge in [0, 0.05) is 26.1 Å². The lowest BCUT2D eigenvalue weighted by atomic mass is 9.94. The third kappa shape index (κ3) is 2.62. The largest absolute Gasteiger partial charge is 0.369 e. The van der Waals surface area contributed by atoms with E-state index in [0.717, 1.165) is 25.2 Å². The van der Waals surface area contributed by atoms with E-state index in [0.29, 0.717) is 10.4 Å². The van der Waals surface area contributed by atoms with E-state index in [4.69, 9.17) is 0 Å². The average Bonchev–Trinajstić information content (AvgIpc) is 2.95. The molecule has 0 radical (unpaired) electrons. The maximum absolute atomic E-state index is 12.0. The van der Waals surface area contributed by atoms with Crippen molar-refractivity contribution in [1.29, 1.82) is 0 Å². The predicted molar refractivity (Wildman–Crippen MR) is 87.9 cm³/mol. The summed E-state index contributed by atoms with van der Waals surface area (Å²) in [6.07, 6.45) is 2.87. The minimum absolute atomic E-state index is 0.0909. The molecule has 4 nitrogen and oxygen atoms in total. The Balaban J connectivity index is 1.87. The number of halogens is 1. The van der Waals surface area contributed by atoms with Crippen molar-refractivity contribution >= 4 is 21.6 Å². The average molecular weight is 348 g/mol. The van der Waals surface area contributed by atoms with Crippen LogP contribution in [0.15, 0.2) is 39.7 Å². The van der Waals surface area contributed by atoms with Crippen LogP contribution in [0.25, 0.3) is 0 Å². The second-order valence-corrected chi connectivity index (χ2v) is 6.35. The van der Waals surface area contributed by atoms with Gasteiger partial charge in [-0.05, 0) is 40.4 Å². The zero-order valence-electron chi connectivity index (χ0n) is 12.2. The Kier molecular flexibility index (Phi) is 3.85. The van der Waals surface area contributed by atoms with Gasteiger partial charge in [-0.25, -0.2) is 4.68 Å². The van der Waals surface area contributed by atoms with Crippen LogP contribution in [0, 0.1) is 6.92 Å². The van der Waals surface area contributed by atoms with Gasteiger partial charge in [0.05, 0.1) is 11.9 Å². The predicted octanol–water partition coefficient (Wildman–Crippen LogP) is 2.85. The van der Waals surface area contributed by atoms with Crippen LogP contribution in [0.5, 0.6) is 0 Å². The molecule has 1 aromatic heterocycles. The second-order valence-electron chi connectivity index (χ2n) is 5.56. The molecule has 1 unspecified atom stereocenters. The molecule has 1 saturated heterocycles. The molecule has 110 valence electrons. The summed E-state index contributed by atoms with van der Waals surface area (Å²) in [6.45, 7) is 4.04. The van der Waals surface area contributed by atoms with E-state index in [-0.39, 0.29) is 5.56 Å². The van der Waals surface area contributed by atoms with E-state index in [1.54, 1.807) is 13.2 Å². The van der Waals surface area contributed by atoms with Crippen molar-refractivity contribution in [2.24, 2.45) is 7.05 Å². The van der Waals surface area contributed by atoms with Crippen molar-refractivity contribution in [3.63, 3.8) is 0 Å². The SMILES string of the molecule is Cc1ccccc1C1CCN(c2cnn(C)c(=O)c2Br)C1. The highest BCUT2D eigenvalue weighted by molar-refractivity contribution is 9.10. The number of aromatic nitrogens is 2. The van der Waals surface area contributed by atoms with E-state index in [9.17, 15) is 4.79 Å². The Morgan fingerprint density at radius 1 is 1.33 bits per heavy atom. The Morgan fingerprint density at radius 3 is 2.86 bits per heavy atom. The lowest BCUT2D eigenvalue weighted by Crippen LogP contribution is -2.26. The molecule has 1 aliphatic heterocycles. The smallest absolute Gasteiger partial charge is 0.282 e. The number of hydrogen-bond acceptors (Lipinski definition) is 3. The van der Waals surface area contributed by atoms with Gasteiger partial charge >= 0.3 is 0 Å². The molecular weight excluding hydrogens is 330 g/mol. The van der Waals surface area contributed by atoms with Crippen LogP contribution >= 0.6 is 15.9 Å². The molecule has 21 heavy (non-hydrogen) atoms. The van der Waals surface area contributed by atoms with Crippen molar-refractivity contribution in [1.82, 2.24) is 9.78 Å². The fourth-order valence-corrected chi connectivity index (χ4v) is 3.61. The number of anilines is 1. The zero-order chi connectivity index (χ0) is 15.0. The molecule has 3 rings (SSSR count). The first kappa shape index (κ1) is 14.3. The normalized spacial score (nSPS) is 18.2. The summed E-state index contributed by atoms with van der Waals surface area (Å²) in [6, 6.07) is 8.54. The lowest BCUT2D eigenvalue weighted by Gasteiger charge is -2.20. The lowest BCUT2D eigenvalue weighted by molar-refractivity contribution is 0.698. The van der Waals surface area contributed by atoms with E-state index in [1.807, 2.05) is 0 Å². The molecule has 0 amide bonds. The Morgan fingerprint density at radius 2 is 2.10 bits per heavy atom. The van der Waals surface area contributed by atoms with E-state index in [2.05, 4.69) is 57.1 Å². The van der Waals surface area contributed by atoms with Gasteiger partial charge in [-0.1, -0.05) is 24.3 Å². The second kappa shape index (κ2) is 5.64. The third-order valence-electron chi connectivity index (χ3n) is 4.22. The topological polar surface area (TPSA) is 38.1 Å². The van der Waals surface area contributed by atoms with Gasteiger partial charge < -0.3 is 4.90 Å². The highest BCUT2D eigenvalue weighted by Gasteiger charge is 2.27. The first-order valence-corrected chi connectivity index (χ1v) is 7.89. The highest BCUT2D eigenvalue weighted by atomic mass is 79.9. The van der Waals surface area contributed by atoms with Crippen LogP contribution in [-0.2, 0) is 7.05 Å². The molecule has 1 aliphatic rings. The van der Waals surface area contributed by atoms with E-state index in [1.165, 1.54) is 15.8 Å². The van der Waals surface area contributed by atoms with E-state index < -0.39 is 0 Å². The van der Waals surface area contributed by atoms with Crippen molar-refractivity contribution in [3.8, 4) is 0 Å². The van der Waals surface area contributed by atoms with Crippen molar-refractivity contribution in [3.05, 3.63) is 56.4 Å².